The van der Waals surface area contributed by atoms with E-state index in [0.29, 0.717) is 55.0 Å². The Morgan fingerprint density at radius 3 is 2.79 bits per heavy atom. The lowest BCUT2D eigenvalue weighted by Crippen LogP contribution is -2.41. The molecule has 2 aliphatic rings. The second kappa shape index (κ2) is 9.75. The van der Waals surface area contributed by atoms with Gasteiger partial charge in [-0.25, -0.2) is 4.79 Å². The number of ketones is 2. The number of Topliss-reactive ketones (excluding diaryl/α,β-unsaturated/α-hetero) is 2. The highest BCUT2D eigenvalue weighted by Gasteiger charge is 2.38. The van der Waals surface area contributed by atoms with E-state index in [1.807, 2.05) is 25.1 Å². The number of nitrogens with zero attached hydrogens (tertiary/aromatic N) is 1. The van der Waals surface area contributed by atoms with Gasteiger partial charge in [-0.3, -0.25) is 14.4 Å². The molecular formula is C25H26ClN3O4. The van der Waals surface area contributed by atoms with Crippen LogP contribution in [0.25, 0.3) is 0 Å². The number of fused-ring (bicyclic) bond motifs is 1. The van der Waals surface area contributed by atoms with Crippen LogP contribution in [0, 0.1) is 6.92 Å². The minimum atomic E-state index is -0.547. The van der Waals surface area contributed by atoms with Gasteiger partial charge >= 0.3 is 6.03 Å². The van der Waals surface area contributed by atoms with Gasteiger partial charge in [0.05, 0.1) is 12.5 Å². The number of nitrogens with one attached hydrogen (secondary N) is 2. The summed E-state index contributed by atoms with van der Waals surface area (Å²) < 4.78 is 0. The fraction of sp³-hybridized carbons (Fsp3) is 0.360. The van der Waals surface area contributed by atoms with Gasteiger partial charge in [0.25, 0.3) is 5.91 Å². The van der Waals surface area contributed by atoms with Gasteiger partial charge in [0.1, 0.15) is 5.78 Å². The van der Waals surface area contributed by atoms with E-state index in [1.54, 1.807) is 23.1 Å². The van der Waals surface area contributed by atoms with Crippen LogP contribution in [0.1, 0.15) is 52.7 Å². The lowest BCUT2D eigenvalue weighted by molar-refractivity contribution is -0.128. The monoisotopic (exact) mass is 467 g/mol. The molecule has 0 aromatic heterocycles. The van der Waals surface area contributed by atoms with Gasteiger partial charge in [0.15, 0.2) is 5.78 Å². The Bertz CT molecular complexity index is 1130. The highest BCUT2D eigenvalue weighted by molar-refractivity contribution is 6.31. The van der Waals surface area contributed by atoms with Gasteiger partial charge in [-0.2, -0.15) is 0 Å². The molecule has 0 radical (unpaired) electrons. The minimum Gasteiger partial charge on any atom is -0.338 e. The van der Waals surface area contributed by atoms with E-state index in [2.05, 4.69) is 10.6 Å². The predicted octanol–water partition coefficient (Wildman–Crippen LogP) is 4.05. The predicted molar refractivity (Wildman–Crippen MR) is 125 cm³/mol. The van der Waals surface area contributed by atoms with Crippen molar-refractivity contribution in [2.75, 3.05) is 11.9 Å². The number of anilines is 1. The van der Waals surface area contributed by atoms with Gasteiger partial charge in [-0.15, -0.1) is 0 Å². The molecule has 0 spiro atoms. The molecule has 1 atom stereocenters. The Morgan fingerprint density at radius 1 is 1.18 bits per heavy atom. The van der Waals surface area contributed by atoms with Crippen molar-refractivity contribution >= 4 is 40.8 Å². The molecule has 2 aromatic rings. The number of rotatable bonds is 5. The van der Waals surface area contributed by atoms with Crippen molar-refractivity contribution < 1.29 is 19.2 Å². The molecule has 1 aliphatic carbocycles. The van der Waals surface area contributed by atoms with Gasteiger partial charge in [-0.1, -0.05) is 29.8 Å². The zero-order valence-electron chi connectivity index (χ0n) is 18.4. The molecule has 2 N–H and O–H groups in total. The van der Waals surface area contributed by atoms with E-state index in [1.165, 1.54) is 0 Å². The molecule has 3 amide bonds. The van der Waals surface area contributed by atoms with E-state index in [-0.39, 0.29) is 29.9 Å². The first-order valence-corrected chi connectivity index (χ1v) is 11.5. The first-order chi connectivity index (χ1) is 15.8. The van der Waals surface area contributed by atoms with Crippen molar-refractivity contribution in [3.8, 4) is 0 Å². The van der Waals surface area contributed by atoms with Crippen molar-refractivity contribution in [3.05, 3.63) is 63.7 Å². The average molecular weight is 468 g/mol. The average Bonchev–Trinajstić information content (AvgIpc) is 3.00. The molecule has 1 unspecified atom stereocenters. The van der Waals surface area contributed by atoms with Crippen molar-refractivity contribution in [1.29, 1.82) is 0 Å². The van der Waals surface area contributed by atoms with E-state index in [0.717, 1.165) is 16.7 Å². The zero-order valence-corrected chi connectivity index (χ0v) is 19.2. The maximum Gasteiger partial charge on any atom is 0.319 e. The molecule has 7 nitrogen and oxygen atoms in total. The second-order valence-electron chi connectivity index (χ2n) is 8.56. The SMILES string of the molecule is Cc1ccc(NC(=O)NCCc2cccc3c2CN(C2CCCC(=O)CC2=O)C3=O)cc1Cl. The minimum absolute atomic E-state index is 0.0513. The smallest absolute Gasteiger partial charge is 0.319 e. The third-order valence-electron chi connectivity index (χ3n) is 6.25. The Labute approximate surface area is 197 Å². The van der Waals surface area contributed by atoms with Crippen molar-refractivity contribution in [1.82, 2.24) is 10.2 Å². The summed E-state index contributed by atoms with van der Waals surface area (Å²) in [5.41, 5.74) is 3.98. The van der Waals surface area contributed by atoms with Gasteiger partial charge in [-0.05, 0) is 61.1 Å². The number of hydrogen-bond acceptors (Lipinski definition) is 4. The highest BCUT2D eigenvalue weighted by atomic mass is 35.5. The quantitative estimate of drug-likeness (QED) is 0.512. The van der Waals surface area contributed by atoms with E-state index in [9.17, 15) is 19.2 Å². The third kappa shape index (κ3) is 5.09. The van der Waals surface area contributed by atoms with E-state index < -0.39 is 6.04 Å². The molecule has 1 fully saturated rings. The Hall–Kier alpha value is -3.19. The van der Waals surface area contributed by atoms with Crippen molar-refractivity contribution in [2.24, 2.45) is 0 Å². The summed E-state index contributed by atoms with van der Waals surface area (Å²) >= 11 is 6.10. The van der Waals surface area contributed by atoms with Gasteiger partial charge in [0.2, 0.25) is 0 Å². The molecule has 0 saturated heterocycles. The number of urea groups is 1. The van der Waals surface area contributed by atoms with Crippen LogP contribution in [0.15, 0.2) is 36.4 Å². The lowest BCUT2D eigenvalue weighted by Gasteiger charge is -2.25. The van der Waals surface area contributed by atoms with E-state index in [4.69, 9.17) is 11.6 Å². The third-order valence-corrected chi connectivity index (χ3v) is 6.66. The summed E-state index contributed by atoms with van der Waals surface area (Å²) in [6.45, 7) is 2.62. The van der Waals surface area contributed by atoms with E-state index >= 15 is 0 Å². The van der Waals surface area contributed by atoms with Crippen LogP contribution in [-0.4, -0.2) is 41.0 Å². The normalized spacial score (nSPS) is 18.2. The molecule has 4 rings (SSSR count). The van der Waals surface area contributed by atoms with Crippen LogP contribution in [0.3, 0.4) is 0 Å². The topological polar surface area (TPSA) is 95.6 Å². The molecule has 1 aliphatic heterocycles. The summed E-state index contributed by atoms with van der Waals surface area (Å²) in [4.78, 5) is 51.2. The number of carbonyl (C=O) groups excluding carboxylic acids is 4. The number of halogens is 1. The summed E-state index contributed by atoms with van der Waals surface area (Å²) in [6.07, 6.45) is 1.98. The van der Waals surface area contributed by atoms with Gasteiger partial charge < -0.3 is 15.5 Å². The zero-order chi connectivity index (χ0) is 23.5. The maximum absolute atomic E-state index is 13.0. The van der Waals surface area contributed by atoms with Gasteiger partial charge in [0, 0.05) is 35.8 Å². The summed E-state index contributed by atoms with van der Waals surface area (Å²) in [5, 5.41) is 6.17. The molecule has 172 valence electrons. The number of carbonyl (C=O) groups is 4. The fourth-order valence-electron chi connectivity index (χ4n) is 4.44. The largest absolute Gasteiger partial charge is 0.338 e. The molecule has 1 heterocycles. The number of aryl methyl sites for hydroxylation is 1. The first kappa shape index (κ1) is 23.0. The summed E-state index contributed by atoms with van der Waals surface area (Å²) in [6, 6.07) is 9.97. The summed E-state index contributed by atoms with van der Waals surface area (Å²) in [7, 11) is 0. The Morgan fingerprint density at radius 2 is 2.00 bits per heavy atom. The van der Waals surface area contributed by atoms with Crippen LogP contribution in [0.2, 0.25) is 5.02 Å². The number of amides is 3. The molecule has 0 bridgehead atoms. The van der Waals surface area contributed by atoms with Crippen molar-refractivity contribution in [3.63, 3.8) is 0 Å². The van der Waals surface area contributed by atoms with Crippen LogP contribution in [-0.2, 0) is 22.6 Å². The Kier molecular flexibility index (Phi) is 6.79. The van der Waals surface area contributed by atoms with Crippen LogP contribution >= 0.6 is 11.6 Å². The number of benzene rings is 2. The molecular weight excluding hydrogens is 442 g/mol. The molecule has 2 aromatic carbocycles. The van der Waals surface area contributed by atoms with Crippen LogP contribution < -0.4 is 10.6 Å². The highest BCUT2D eigenvalue weighted by Crippen LogP contribution is 2.31. The standard InChI is InChI=1S/C25H26ClN3O4/c1-15-8-9-17(12-21(15)26)28-25(33)27-11-10-16-4-2-6-19-20(16)14-29(24(19)32)22-7-3-5-18(30)13-23(22)31/h2,4,6,8-9,12,22H,3,5,7,10-11,13-14H2,1H3,(H2,27,28,33). The van der Waals surface area contributed by atoms with Crippen LogP contribution in [0.5, 0.6) is 0 Å². The Balaban J connectivity index is 1.38. The molecule has 1 saturated carbocycles. The first-order valence-electron chi connectivity index (χ1n) is 11.1. The number of hydrogen-bond donors (Lipinski definition) is 2. The maximum atomic E-state index is 13.0. The lowest BCUT2D eigenvalue weighted by atomic mass is 10.0. The summed E-state index contributed by atoms with van der Waals surface area (Å²) in [5.74, 6) is -0.388. The fourth-order valence-corrected chi connectivity index (χ4v) is 4.63. The second-order valence-corrected chi connectivity index (χ2v) is 8.97. The van der Waals surface area contributed by atoms with Crippen LogP contribution in [0.4, 0.5) is 10.5 Å². The molecule has 8 heteroatoms. The van der Waals surface area contributed by atoms with Crippen molar-refractivity contribution in [2.45, 2.75) is 51.6 Å². The molecule has 33 heavy (non-hydrogen) atoms.